The van der Waals surface area contributed by atoms with Crippen molar-refractivity contribution in [2.45, 2.75) is 33.9 Å². The molecule has 8 nitrogen and oxygen atoms in total. The van der Waals surface area contributed by atoms with E-state index in [1.807, 2.05) is 18.4 Å². The molecule has 0 unspecified atom stereocenters. The highest BCUT2D eigenvalue weighted by Gasteiger charge is 2.20. The van der Waals surface area contributed by atoms with Crippen LogP contribution in [0.25, 0.3) is 17.2 Å². The van der Waals surface area contributed by atoms with Crippen LogP contribution in [0, 0.1) is 20.8 Å². The molecule has 4 aromatic heterocycles. The van der Waals surface area contributed by atoms with Gasteiger partial charge in [-0.25, -0.2) is 15.0 Å². The number of carbonyl (C=O) groups is 1. The fraction of sp³-hybridized carbons (Fsp3) is 0.286. The monoisotopic (exact) mass is 454 g/mol. The van der Waals surface area contributed by atoms with Gasteiger partial charge in [-0.1, -0.05) is 0 Å². The van der Waals surface area contributed by atoms with Crippen LogP contribution in [0.15, 0.2) is 29.9 Å². The van der Waals surface area contributed by atoms with E-state index in [2.05, 4.69) is 40.3 Å². The Hall–Kier alpha value is -2.95. The molecule has 0 aliphatic heterocycles. The molecule has 4 heterocycles. The van der Waals surface area contributed by atoms with Gasteiger partial charge in [-0.2, -0.15) is 9.78 Å². The number of aryl methyl sites for hydroxylation is 3. The first-order valence-electron chi connectivity index (χ1n) is 9.62. The third kappa shape index (κ3) is 4.55. The summed E-state index contributed by atoms with van der Waals surface area (Å²) in [5.74, 6) is 0.147. The minimum atomic E-state index is -0.244. The molecule has 1 N–H and O–H groups in total. The second-order valence-electron chi connectivity index (χ2n) is 6.98. The lowest BCUT2D eigenvalue weighted by Crippen LogP contribution is -2.24. The molecule has 0 saturated carbocycles. The molecule has 0 saturated heterocycles. The van der Waals surface area contributed by atoms with Crippen LogP contribution in [-0.2, 0) is 17.9 Å². The van der Waals surface area contributed by atoms with Crippen LogP contribution in [0.2, 0.25) is 0 Å². The number of hydrogen-bond acceptors (Lipinski definition) is 8. The molecule has 0 aromatic carbocycles. The molecule has 31 heavy (non-hydrogen) atoms. The molecular weight excluding hydrogens is 432 g/mol. The minimum absolute atomic E-state index is 0.198. The maximum Gasteiger partial charge on any atom is 0.255 e. The number of ether oxygens (including phenoxy) is 1. The zero-order valence-electron chi connectivity index (χ0n) is 17.7. The van der Waals surface area contributed by atoms with Crippen molar-refractivity contribution >= 4 is 28.6 Å². The van der Waals surface area contributed by atoms with Gasteiger partial charge in [0.25, 0.3) is 11.9 Å². The number of aromatic nitrogens is 5. The summed E-state index contributed by atoms with van der Waals surface area (Å²) in [4.78, 5) is 28.7. The molecular formula is C21H22N6O2S2. The molecule has 10 heteroatoms. The number of hydrogen-bond donors (Lipinski definition) is 1. The summed E-state index contributed by atoms with van der Waals surface area (Å²) in [6, 6.07) is 3.99. The highest BCUT2D eigenvalue weighted by atomic mass is 32.1. The third-order valence-electron chi connectivity index (χ3n) is 4.61. The Morgan fingerprint density at radius 2 is 2.10 bits per heavy atom. The van der Waals surface area contributed by atoms with Crippen molar-refractivity contribution in [1.29, 1.82) is 0 Å². The van der Waals surface area contributed by atoms with Crippen molar-refractivity contribution in [3.63, 3.8) is 0 Å². The zero-order valence-corrected chi connectivity index (χ0v) is 19.3. The van der Waals surface area contributed by atoms with E-state index in [-0.39, 0.29) is 12.5 Å². The van der Waals surface area contributed by atoms with Gasteiger partial charge >= 0.3 is 0 Å². The van der Waals surface area contributed by atoms with E-state index in [4.69, 9.17) is 9.72 Å². The van der Waals surface area contributed by atoms with Crippen LogP contribution in [0.5, 0.6) is 0 Å². The maximum absolute atomic E-state index is 12.8. The second-order valence-corrected chi connectivity index (χ2v) is 9.39. The van der Waals surface area contributed by atoms with E-state index in [1.54, 1.807) is 29.3 Å². The highest BCUT2D eigenvalue weighted by molar-refractivity contribution is 7.12. The van der Waals surface area contributed by atoms with Crippen LogP contribution >= 0.6 is 22.7 Å². The largest absolute Gasteiger partial charge is 0.378 e. The Bertz CT molecular complexity index is 1230. The molecule has 4 aromatic rings. The number of nitrogens with one attached hydrogen (secondary N) is 1. The Morgan fingerprint density at radius 3 is 2.77 bits per heavy atom. The summed E-state index contributed by atoms with van der Waals surface area (Å²) in [5, 5.41) is 10.1. The lowest BCUT2D eigenvalue weighted by Gasteiger charge is -2.09. The van der Waals surface area contributed by atoms with Gasteiger partial charge in [0.1, 0.15) is 5.01 Å². The minimum Gasteiger partial charge on any atom is -0.378 e. The number of thiophene rings is 1. The predicted octanol–water partition coefficient (Wildman–Crippen LogP) is 3.85. The summed E-state index contributed by atoms with van der Waals surface area (Å²) in [6.45, 7) is 6.63. The Balaban J connectivity index is 1.63. The van der Waals surface area contributed by atoms with Crippen LogP contribution in [0.1, 0.15) is 36.5 Å². The second kappa shape index (κ2) is 9.04. The number of nitrogens with zero attached hydrogens (tertiary/aromatic N) is 5. The van der Waals surface area contributed by atoms with Crippen molar-refractivity contribution in [2.75, 3.05) is 7.11 Å². The predicted molar refractivity (Wildman–Crippen MR) is 121 cm³/mol. The molecule has 4 rings (SSSR count). The van der Waals surface area contributed by atoms with Gasteiger partial charge in [-0.3, -0.25) is 4.79 Å². The Kier molecular flexibility index (Phi) is 6.21. The van der Waals surface area contributed by atoms with Crippen LogP contribution in [0.4, 0.5) is 0 Å². The molecule has 0 fully saturated rings. The lowest BCUT2D eigenvalue weighted by molar-refractivity contribution is 0.0945. The number of methoxy groups -OCH3 is 1. The average Bonchev–Trinajstić information content (AvgIpc) is 3.45. The molecule has 0 spiro atoms. The molecule has 0 aliphatic rings. The van der Waals surface area contributed by atoms with Gasteiger partial charge in [0.15, 0.2) is 0 Å². The average molecular weight is 455 g/mol. The van der Waals surface area contributed by atoms with Crippen molar-refractivity contribution in [2.24, 2.45) is 0 Å². The van der Waals surface area contributed by atoms with Crippen molar-refractivity contribution < 1.29 is 9.53 Å². The van der Waals surface area contributed by atoms with Crippen molar-refractivity contribution in [1.82, 2.24) is 30.0 Å². The molecule has 0 aliphatic carbocycles. The van der Waals surface area contributed by atoms with E-state index in [1.165, 1.54) is 27.3 Å². The first kappa shape index (κ1) is 21.3. The van der Waals surface area contributed by atoms with Crippen molar-refractivity contribution in [3.05, 3.63) is 61.6 Å². The molecule has 0 radical (unpaired) electrons. The summed E-state index contributed by atoms with van der Waals surface area (Å²) in [5.41, 5.74) is 3.84. The van der Waals surface area contributed by atoms with Gasteiger partial charge in [-0.15, -0.1) is 22.7 Å². The topological polar surface area (TPSA) is 94.8 Å². The SMILES string of the molecule is COCc1c(C(=O)NCc2nc(C)cs2)cnn1-c1nccc(-c2cc(C)sc2C)n1. The smallest absolute Gasteiger partial charge is 0.255 e. The van der Waals surface area contributed by atoms with Crippen LogP contribution in [0.3, 0.4) is 0 Å². The van der Waals surface area contributed by atoms with Crippen molar-refractivity contribution in [3.8, 4) is 17.2 Å². The van der Waals surface area contributed by atoms with Crippen LogP contribution in [-0.4, -0.2) is 37.7 Å². The first-order valence-corrected chi connectivity index (χ1v) is 11.3. The number of amides is 1. The van der Waals surface area contributed by atoms with Gasteiger partial charge < -0.3 is 10.1 Å². The van der Waals surface area contributed by atoms with Crippen LogP contribution < -0.4 is 5.32 Å². The fourth-order valence-electron chi connectivity index (χ4n) is 3.23. The summed E-state index contributed by atoms with van der Waals surface area (Å²) >= 11 is 3.25. The summed E-state index contributed by atoms with van der Waals surface area (Å²) in [7, 11) is 1.58. The Morgan fingerprint density at radius 1 is 1.26 bits per heavy atom. The van der Waals surface area contributed by atoms with E-state index in [9.17, 15) is 4.79 Å². The van der Waals surface area contributed by atoms with Gasteiger partial charge in [-0.05, 0) is 32.9 Å². The number of rotatable bonds is 7. The molecule has 0 bridgehead atoms. The normalized spacial score (nSPS) is 11.1. The van der Waals surface area contributed by atoms with E-state index >= 15 is 0 Å². The lowest BCUT2D eigenvalue weighted by atomic mass is 10.2. The van der Waals surface area contributed by atoms with Gasteiger partial charge in [0, 0.05) is 39.7 Å². The fourth-order valence-corrected chi connectivity index (χ4v) is 4.88. The molecule has 160 valence electrons. The molecule has 1 amide bonds. The van der Waals surface area contributed by atoms with E-state index in [0.29, 0.717) is 23.8 Å². The summed E-state index contributed by atoms with van der Waals surface area (Å²) in [6.07, 6.45) is 3.22. The summed E-state index contributed by atoms with van der Waals surface area (Å²) < 4.78 is 6.90. The zero-order chi connectivity index (χ0) is 22.0. The number of thiazole rings is 1. The van der Waals surface area contributed by atoms with E-state index < -0.39 is 0 Å². The third-order valence-corrected chi connectivity index (χ3v) is 6.54. The highest BCUT2D eigenvalue weighted by Crippen LogP contribution is 2.29. The van der Waals surface area contributed by atoms with Gasteiger partial charge in [0.05, 0.1) is 36.3 Å². The maximum atomic E-state index is 12.8. The quantitative estimate of drug-likeness (QED) is 0.456. The standard InChI is InChI=1S/C21H22N6O2S2/c1-12-11-30-19(25-12)9-23-20(28)16-8-24-27(18(16)10-29-4)21-22-6-5-17(26-21)15-7-13(2)31-14(15)3/h5-8,11H,9-10H2,1-4H3,(H,23,28). The number of carbonyl (C=O) groups excluding carboxylic acids is 1. The first-order chi connectivity index (χ1) is 15.0. The molecule has 0 atom stereocenters. The van der Waals surface area contributed by atoms with E-state index in [0.717, 1.165) is 22.0 Å². The van der Waals surface area contributed by atoms with Gasteiger partial charge in [0.2, 0.25) is 0 Å². The Labute approximate surface area is 188 Å².